The van der Waals surface area contributed by atoms with Crippen molar-refractivity contribution in [1.29, 1.82) is 5.26 Å². The topological polar surface area (TPSA) is 35.8 Å². The highest BCUT2D eigenvalue weighted by molar-refractivity contribution is 6.33. The summed E-state index contributed by atoms with van der Waals surface area (Å²) in [7, 11) is 0. The van der Waals surface area contributed by atoms with E-state index < -0.39 is 0 Å². The Morgan fingerprint density at radius 1 is 1.54 bits per heavy atom. The maximum Gasteiger partial charge on any atom is 0.0992 e. The van der Waals surface area contributed by atoms with Gasteiger partial charge >= 0.3 is 0 Å². The van der Waals surface area contributed by atoms with Crippen LogP contribution in [0.4, 0.5) is 5.69 Å². The van der Waals surface area contributed by atoms with Crippen molar-refractivity contribution in [2.45, 2.75) is 0 Å². The summed E-state index contributed by atoms with van der Waals surface area (Å²) in [5.41, 5.74) is 1.25. The smallest absolute Gasteiger partial charge is 0.0992 e. The number of nitriles is 1. The zero-order valence-corrected chi connectivity index (χ0v) is 7.60. The largest absolute Gasteiger partial charge is 0.373 e. The Hall–Kier alpha value is -1.64. The van der Waals surface area contributed by atoms with E-state index >= 15 is 0 Å². The molecule has 0 fully saturated rings. The lowest BCUT2D eigenvalue weighted by atomic mass is 10.2. The molecule has 3 heteroatoms. The molecule has 0 spiro atoms. The van der Waals surface area contributed by atoms with Crippen LogP contribution in [0.5, 0.6) is 0 Å². The number of nitrogens with zero attached hydrogens (tertiary/aromatic N) is 1. The molecule has 2 nitrogen and oxygen atoms in total. The molecule has 0 aliphatic heterocycles. The van der Waals surface area contributed by atoms with Crippen LogP contribution in [-0.2, 0) is 0 Å². The quantitative estimate of drug-likeness (QED) is 0.727. The summed E-state index contributed by atoms with van der Waals surface area (Å²) < 4.78 is 0. The van der Waals surface area contributed by atoms with Gasteiger partial charge in [-0.15, -0.1) is 6.42 Å². The number of nitrogens with one attached hydrogen (secondary N) is 1. The second kappa shape index (κ2) is 4.40. The average Bonchev–Trinajstić information content (AvgIpc) is 2.17. The molecule has 64 valence electrons. The highest BCUT2D eigenvalue weighted by Gasteiger charge is 1.99. The Kier molecular flexibility index (Phi) is 3.20. The molecule has 0 unspecified atom stereocenters. The summed E-state index contributed by atoms with van der Waals surface area (Å²) in [5.74, 6) is 2.43. The van der Waals surface area contributed by atoms with E-state index in [1.807, 2.05) is 6.07 Å². The van der Waals surface area contributed by atoms with Gasteiger partial charge in [0.05, 0.1) is 28.9 Å². The van der Waals surface area contributed by atoms with Crippen LogP contribution in [0.15, 0.2) is 18.2 Å². The van der Waals surface area contributed by atoms with Gasteiger partial charge in [-0.3, -0.25) is 0 Å². The SMILES string of the molecule is C#CCNc1cc(C#N)ccc1Cl. The Labute approximate surface area is 82.1 Å². The molecule has 1 aromatic carbocycles. The molecule has 0 bridgehead atoms. The second-order valence-corrected chi connectivity index (χ2v) is 2.77. The van der Waals surface area contributed by atoms with Crippen LogP contribution in [-0.4, -0.2) is 6.54 Å². The van der Waals surface area contributed by atoms with E-state index in [9.17, 15) is 0 Å². The van der Waals surface area contributed by atoms with Crippen molar-refractivity contribution in [3.63, 3.8) is 0 Å². The Morgan fingerprint density at radius 2 is 2.31 bits per heavy atom. The van der Waals surface area contributed by atoms with Crippen LogP contribution in [0, 0.1) is 23.7 Å². The lowest BCUT2D eigenvalue weighted by Crippen LogP contribution is -1.99. The van der Waals surface area contributed by atoms with Gasteiger partial charge in [0, 0.05) is 0 Å². The van der Waals surface area contributed by atoms with Crippen molar-refractivity contribution < 1.29 is 0 Å². The van der Waals surface area contributed by atoms with Crippen molar-refractivity contribution in [2.24, 2.45) is 0 Å². The molecule has 0 amide bonds. The van der Waals surface area contributed by atoms with Gasteiger partial charge < -0.3 is 5.32 Å². The van der Waals surface area contributed by atoms with Crippen LogP contribution >= 0.6 is 11.6 Å². The molecule has 0 radical (unpaired) electrons. The monoisotopic (exact) mass is 190 g/mol. The van der Waals surface area contributed by atoms with Crippen molar-refractivity contribution >= 4 is 17.3 Å². The lowest BCUT2D eigenvalue weighted by molar-refractivity contribution is 1.37. The van der Waals surface area contributed by atoms with E-state index in [2.05, 4.69) is 11.2 Å². The predicted octanol–water partition coefficient (Wildman–Crippen LogP) is 2.26. The third kappa shape index (κ3) is 2.40. The summed E-state index contributed by atoms with van der Waals surface area (Å²) >= 11 is 5.85. The number of hydrogen-bond acceptors (Lipinski definition) is 2. The van der Waals surface area contributed by atoms with Gasteiger partial charge in [0.2, 0.25) is 0 Å². The number of rotatable bonds is 2. The summed E-state index contributed by atoms with van der Waals surface area (Å²) in [6, 6.07) is 7.01. The molecule has 1 N–H and O–H groups in total. The minimum absolute atomic E-state index is 0.397. The molecule has 0 saturated heterocycles. The first-order valence-corrected chi connectivity index (χ1v) is 4.02. The van der Waals surface area contributed by atoms with Crippen LogP contribution in [0.1, 0.15) is 5.56 Å². The van der Waals surface area contributed by atoms with Crippen molar-refractivity contribution in [3.8, 4) is 18.4 Å². The van der Waals surface area contributed by atoms with E-state index in [0.29, 0.717) is 22.8 Å². The molecule has 0 aliphatic carbocycles. The third-order valence-corrected chi connectivity index (χ3v) is 1.81. The fraction of sp³-hybridized carbons (Fsp3) is 0.100. The first-order chi connectivity index (χ1) is 6.27. The second-order valence-electron chi connectivity index (χ2n) is 2.36. The van der Waals surface area contributed by atoms with Gasteiger partial charge in [-0.05, 0) is 18.2 Å². The van der Waals surface area contributed by atoms with Gasteiger partial charge in [-0.1, -0.05) is 17.5 Å². The van der Waals surface area contributed by atoms with Crippen LogP contribution in [0.2, 0.25) is 5.02 Å². The Balaban J connectivity index is 2.93. The molecular weight excluding hydrogens is 184 g/mol. The van der Waals surface area contributed by atoms with Gasteiger partial charge in [0.15, 0.2) is 0 Å². The summed E-state index contributed by atoms with van der Waals surface area (Å²) in [6.07, 6.45) is 5.08. The van der Waals surface area contributed by atoms with E-state index in [0.717, 1.165) is 0 Å². The maximum absolute atomic E-state index is 8.62. The number of halogens is 1. The van der Waals surface area contributed by atoms with Gasteiger partial charge in [-0.2, -0.15) is 5.26 Å². The zero-order chi connectivity index (χ0) is 9.68. The number of terminal acetylenes is 1. The molecule has 0 saturated carbocycles. The molecule has 0 atom stereocenters. The van der Waals surface area contributed by atoms with Gasteiger partial charge in [0.25, 0.3) is 0 Å². The van der Waals surface area contributed by atoms with Crippen molar-refractivity contribution in [1.82, 2.24) is 0 Å². The molecule has 1 aromatic rings. The summed E-state index contributed by atoms with van der Waals surface area (Å²) in [4.78, 5) is 0. The number of hydrogen-bond donors (Lipinski definition) is 1. The molecular formula is C10H7ClN2. The molecule has 1 rings (SSSR count). The minimum Gasteiger partial charge on any atom is -0.373 e. The minimum atomic E-state index is 0.397. The fourth-order valence-corrected chi connectivity index (χ4v) is 1.06. The Bertz CT molecular complexity index is 385. The molecule has 13 heavy (non-hydrogen) atoms. The number of benzene rings is 1. The van der Waals surface area contributed by atoms with Crippen LogP contribution < -0.4 is 5.32 Å². The van der Waals surface area contributed by atoms with E-state index in [4.69, 9.17) is 23.3 Å². The average molecular weight is 191 g/mol. The number of anilines is 1. The first kappa shape index (κ1) is 9.45. The standard InChI is InChI=1S/C10H7ClN2/c1-2-5-13-10-6-8(7-12)3-4-9(10)11/h1,3-4,6,13H,5H2. The predicted molar refractivity (Wildman–Crippen MR) is 53.5 cm³/mol. The van der Waals surface area contributed by atoms with Crippen LogP contribution in [0.25, 0.3) is 0 Å². The van der Waals surface area contributed by atoms with Crippen molar-refractivity contribution in [2.75, 3.05) is 11.9 Å². The highest BCUT2D eigenvalue weighted by atomic mass is 35.5. The Morgan fingerprint density at radius 3 is 2.92 bits per heavy atom. The third-order valence-electron chi connectivity index (χ3n) is 1.48. The van der Waals surface area contributed by atoms with Gasteiger partial charge in [0.1, 0.15) is 0 Å². The maximum atomic E-state index is 8.62. The normalized spacial score (nSPS) is 8.54. The highest BCUT2D eigenvalue weighted by Crippen LogP contribution is 2.22. The zero-order valence-electron chi connectivity index (χ0n) is 6.84. The van der Waals surface area contributed by atoms with Crippen LogP contribution in [0.3, 0.4) is 0 Å². The summed E-state index contributed by atoms with van der Waals surface area (Å²) in [5, 5.41) is 12.1. The molecule has 0 heterocycles. The van der Waals surface area contributed by atoms with Gasteiger partial charge in [-0.25, -0.2) is 0 Å². The summed E-state index contributed by atoms with van der Waals surface area (Å²) in [6.45, 7) is 0.397. The van der Waals surface area contributed by atoms with E-state index in [1.165, 1.54) is 0 Å². The first-order valence-electron chi connectivity index (χ1n) is 3.65. The lowest BCUT2D eigenvalue weighted by Gasteiger charge is -2.04. The molecule has 0 aliphatic rings. The van der Waals surface area contributed by atoms with Crippen molar-refractivity contribution in [3.05, 3.63) is 28.8 Å². The van der Waals surface area contributed by atoms with E-state index in [1.54, 1.807) is 18.2 Å². The van der Waals surface area contributed by atoms with E-state index in [-0.39, 0.29) is 0 Å². The molecule has 0 aromatic heterocycles. The fourth-order valence-electron chi connectivity index (χ4n) is 0.877.